The molecular weight excluding hydrogens is 300 g/mol. The fourth-order valence-electron chi connectivity index (χ4n) is 2.56. The van der Waals surface area contributed by atoms with Gasteiger partial charge >= 0.3 is 0 Å². The number of rotatable bonds is 3. The summed E-state index contributed by atoms with van der Waals surface area (Å²) in [6.07, 6.45) is 0.804. The normalized spacial score (nSPS) is 16.9. The summed E-state index contributed by atoms with van der Waals surface area (Å²) in [4.78, 5) is 5.52. The summed E-state index contributed by atoms with van der Waals surface area (Å²) in [7, 11) is 1.66. The summed E-state index contributed by atoms with van der Waals surface area (Å²) in [6, 6.07) is 9.80. The molecule has 1 aromatic carbocycles. The van der Waals surface area contributed by atoms with Crippen LogP contribution in [0.5, 0.6) is 11.5 Å². The Morgan fingerprint density at radius 1 is 1.32 bits per heavy atom. The van der Waals surface area contributed by atoms with Crippen LogP contribution in [0.2, 0.25) is 0 Å². The molecule has 4 rings (SSSR count). The molecule has 22 heavy (non-hydrogen) atoms. The summed E-state index contributed by atoms with van der Waals surface area (Å²) in [6.45, 7) is 0.547. The molecule has 0 N–H and O–H groups in total. The van der Waals surface area contributed by atoms with Crippen LogP contribution in [0.3, 0.4) is 0 Å². The molecule has 112 valence electrons. The molecule has 0 spiro atoms. The molecule has 1 unspecified atom stereocenters. The Bertz CT molecular complexity index is 783. The van der Waals surface area contributed by atoms with E-state index in [0.29, 0.717) is 18.3 Å². The molecule has 1 aliphatic rings. The third-order valence-electron chi connectivity index (χ3n) is 3.71. The van der Waals surface area contributed by atoms with Gasteiger partial charge in [-0.1, -0.05) is 11.2 Å². The largest absolute Gasteiger partial charge is 0.497 e. The fourth-order valence-corrected chi connectivity index (χ4v) is 3.21. The van der Waals surface area contributed by atoms with Gasteiger partial charge in [0.25, 0.3) is 0 Å². The number of thiophene rings is 1. The van der Waals surface area contributed by atoms with E-state index >= 15 is 0 Å². The Morgan fingerprint density at radius 3 is 3.09 bits per heavy atom. The molecule has 0 saturated heterocycles. The summed E-state index contributed by atoms with van der Waals surface area (Å²) in [5.41, 5.74) is 1.10. The Morgan fingerprint density at radius 2 is 2.27 bits per heavy atom. The zero-order valence-electron chi connectivity index (χ0n) is 12.0. The number of fused-ring (bicyclic) bond motifs is 1. The number of hydrogen-bond donors (Lipinski definition) is 0. The molecule has 1 aliphatic heterocycles. The molecular formula is C16H14N2O3S. The second-order valence-electron chi connectivity index (χ2n) is 5.12. The molecule has 3 aromatic rings. The monoisotopic (exact) mass is 314 g/mol. The first kappa shape index (κ1) is 13.3. The zero-order chi connectivity index (χ0) is 14.9. The van der Waals surface area contributed by atoms with Gasteiger partial charge in [-0.05, 0) is 41.6 Å². The van der Waals surface area contributed by atoms with Gasteiger partial charge in [0.2, 0.25) is 11.7 Å². The molecule has 2 aromatic heterocycles. The Hall–Kier alpha value is -2.34. The molecule has 3 heterocycles. The molecule has 0 bridgehead atoms. The van der Waals surface area contributed by atoms with Crippen molar-refractivity contribution in [3.63, 3.8) is 0 Å². The summed E-state index contributed by atoms with van der Waals surface area (Å²) in [5, 5.41) is 6.07. The SMILES string of the molecule is COc1ccc2c(c1)CC(c1nc(-c3cccs3)no1)CO2. The minimum atomic E-state index is 0.0702. The van der Waals surface area contributed by atoms with Crippen molar-refractivity contribution < 1.29 is 14.0 Å². The van der Waals surface area contributed by atoms with E-state index in [1.807, 2.05) is 35.7 Å². The lowest BCUT2D eigenvalue weighted by Crippen LogP contribution is -2.19. The predicted molar refractivity (Wildman–Crippen MR) is 82.5 cm³/mol. The quantitative estimate of drug-likeness (QED) is 0.740. The predicted octanol–water partition coefficient (Wildman–Crippen LogP) is 3.53. The van der Waals surface area contributed by atoms with Crippen molar-refractivity contribution >= 4 is 11.3 Å². The maximum atomic E-state index is 5.81. The number of methoxy groups -OCH3 is 1. The van der Waals surface area contributed by atoms with Gasteiger partial charge in [-0.25, -0.2) is 0 Å². The molecule has 0 aliphatic carbocycles. The maximum Gasteiger partial charge on any atom is 0.233 e. The number of benzene rings is 1. The van der Waals surface area contributed by atoms with Crippen molar-refractivity contribution in [1.82, 2.24) is 10.1 Å². The molecule has 0 radical (unpaired) electrons. The van der Waals surface area contributed by atoms with Crippen LogP contribution in [-0.2, 0) is 6.42 Å². The van der Waals surface area contributed by atoms with Gasteiger partial charge < -0.3 is 14.0 Å². The molecule has 0 amide bonds. The highest BCUT2D eigenvalue weighted by Gasteiger charge is 2.27. The van der Waals surface area contributed by atoms with Crippen molar-refractivity contribution in [2.75, 3.05) is 13.7 Å². The topological polar surface area (TPSA) is 57.4 Å². The first-order chi connectivity index (χ1) is 10.8. The third-order valence-corrected chi connectivity index (χ3v) is 4.57. The van der Waals surface area contributed by atoms with E-state index in [1.54, 1.807) is 18.4 Å². The minimum absolute atomic E-state index is 0.0702. The fraction of sp³-hybridized carbons (Fsp3) is 0.250. The van der Waals surface area contributed by atoms with Gasteiger partial charge in [-0.15, -0.1) is 11.3 Å². The number of ether oxygens (including phenoxy) is 2. The number of aromatic nitrogens is 2. The first-order valence-corrected chi connectivity index (χ1v) is 7.88. The van der Waals surface area contributed by atoms with Crippen LogP contribution in [0, 0.1) is 0 Å². The van der Waals surface area contributed by atoms with E-state index in [4.69, 9.17) is 14.0 Å². The van der Waals surface area contributed by atoms with Crippen molar-refractivity contribution in [1.29, 1.82) is 0 Å². The first-order valence-electron chi connectivity index (χ1n) is 7.00. The van der Waals surface area contributed by atoms with Crippen LogP contribution in [0.15, 0.2) is 40.2 Å². The average Bonchev–Trinajstić information content (AvgIpc) is 3.24. The van der Waals surface area contributed by atoms with Crippen molar-refractivity contribution in [2.24, 2.45) is 0 Å². The van der Waals surface area contributed by atoms with Gasteiger partial charge in [-0.2, -0.15) is 4.98 Å². The van der Waals surface area contributed by atoms with Gasteiger partial charge in [0, 0.05) is 0 Å². The molecule has 6 heteroatoms. The van der Waals surface area contributed by atoms with Crippen molar-refractivity contribution in [2.45, 2.75) is 12.3 Å². The van der Waals surface area contributed by atoms with Crippen LogP contribution in [0.4, 0.5) is 0 Å². The molecule has 0 saturated carbocycles. The third kappa shape index (κ3) is 2.35. The van der Waals surface area contributed by atoms with E-state index in [0.717, 1.165) is 28.4 Å². The average molecular weight is 314 g/mol. The second kappa shape index (κ2) is 5.46. The minimum Gasteiger partial charge on any atom is -0.497 e. The van der Waals surface area contributed by atoms with E-state index < -0.39 is 0 Å². The van der Waals surface area contributed by atoms with Gasteiger partial charge in [0.05, 0.1) is 17.9 Å². The lowest BCUT2D eigenvalue weighted by molar-refractivity contribution is 0.230. The second-order valence-corrected chi connectivity index (χ2v) is 6.07. The summed E-state index contributed by atoms with van der Waals surface area (Å²) < 4.78 is 16.5. The Balaban J connectivity index is 1.59. The lowest BCUT2D eigenvalue weighted by atomic mass is 9.96. The Labute approximate surface area is 131 Å². The van der Waals surface area contributed by atoms with Gasteiger partial charge in [0.15, 0.2) is 0 Å². The van der Waals surface area contributed by atoms with Gasteiger partial charge in [-0.3, -0.25) is 0 Å². The lowest BCUT2D eigenvalue weighted by Gasteiger charge is -2.23. The van der Waals surface area contributed by atoms with Crippen molar-refractivity contribution in [3.05, 3.63) is 47.2 Å². The standard InChI is InChI=1S/C16H14N2O3S/c1-19-12-4-5-13-10(8-12)7-11(9-20-13)16-17-15(18-21-16)14-3-2-6-22-14/h2-6,8,11H,7,9H2,1H3. The summed E-state index contributed by atoms with van der Waals surface area (Å²) >= 11 is 1.60. The highest BCUT2D eigenvalue weighted by atomic mass is 32.1. The molecule has 0 fully saturated rings. The van der Waals surface area contributed by atoms with Gasteiger partial charge in [0.1, 0.15) is 18.1 Å². The van der Waals surface area contributed by atoms with E-state index in [1.165, 1.54) is 0 Å². The molecule has 5 nitrogen and oxygen atoms in total. The highest BCUT2D eigenvalue weighted by Crippen LogP contribution is 2.34. The number of nitrogens with zero attached hydrogens (tertiary/aromatic N) is 2. The summed E-state index contributed by atoms with van der Waals surface area (Å²) in [5.74, 6) is 3.06. The van der Waals surface area contributed by atoms with Crippen LogP contribution in [0.1, 0.15) is 17.4 Å². The maximum absolute atomic E-state index is 5.81. The van der Waals surface area contributed by atoms with E-state index in [9.17, 15) is 0 Å². The van der Waals surface area contributed by atoms with Crippen LogP contribution < -0.4 is 9.47 Å². The smallest absolute Gasteiger partial charge is 0.233 e. The van der Waals surface area contributed by atoms with Crippen LogP contribution in [-0.4, -0.2) is 23.9 Å². The highest BCUT2D eigenvalue weighted by molar-refractivity contribution is 7.13. The van der Waals surface area contributed by atoms with E-state index in [-0.39, 0.29) is 5.92 Å². The molecule has 1 atom stereocenters. The van der Waals surface area contributed by atoms with Crippen LogP contribution >= 0.6 is 11.3 Å². The van der Waals surface area contributed by atoms with Crippen molar-refractivity contribution in [3.8, 4) is 22.2 Å². The Kier molecular flexibility index (Phi) is 3.31. The van der Waals surface area contributed by atoms with E-state index in [2.05, 4.69) is 10.1 Å². The zero-order valence-corrected chi connectivity index (χ0v) is 12.8. The van der Waals surface area contributed by atoms with Crippen LogP contribution in [0.25, 0.3) is 10.7 Å². The number of hydrogen-bond acceptors (Lipinski definition) is 6.